The highest BCUT2D eigenvalue weighted by molar-refractivity contribution is 6.01. The third-order valence-electron chi connectivity index (χ3n) is 2.59. The number of ether oxygens (including phenoxy) is 2. The van der Waals surface area contributed by atoms with E-state index in [2.05, 4.69) is 5.32 Å². The van der Waals surface area contributed by atoms with E-state index in [1.165, 1.54) is 7.11 Å². The van der Waals surface area contributed by atoms with Crippen LogP contribution in [-0.4, -0.2) is 24.9 Å². The minimum atomic E-state index is -0.955. The number of aldehydes is 1. The second-order valence-electron chi connectivity index (χ2n) is 4.28. The van der Waals surface area contributed by atoms with Gasteiger partial charge in [0.25, 0.3) is 5.91 Å². The van der Waals surface area contributed by atoms with Gasteiger partial charge >= 0.3 is 0 Å². The maximum absolute atomic E-state index is 11.7. The number of amides is 1. The third kappa shape index (κ3) is 1.84. The minimum Gasteiger partial charge on any atom is -0.493 e. The lowest BCUT2D eigenvalue weighted by molar-refractivity contribution is -0.129. The summed E-state index contributed by atoms with van der Waals surface area (Å²) in [7, 11) is 1.48. The van der Waals surface area contributed by atoms with Crippen LogP contribution in [0.15, 0.2) is 12.1 Å². The molecule has 0 saturated carbocycles. The molecule has 1 aliphatic rings. The minimum absolute atomic E-state index is 0.255. The fourth-order valence-corrected chi connectivity index (χ4v) is 1.62. The lowest BCUT2D eigenvalue weighted by Crippen LogP contribution is -2.45. The van der Waals surface area contributed by atoms with Crippen LogP contribution in [0.5, 0.6) is 11.5 Å². The lowest BCUT2D eigenvalue weighted by Gasteiger charge is -2.32. The van der Waals surface area contributed by atoms with Crippen LogP contribution in [0.2, 0.25) is 0 Å². The van der Waals surface area contributed by atoms with Crippen molar-refractivity contribution < 1.29 is 19.1 Å². The lowest BCUT2D eigenvalue weighted by atomic mass is 10.0. The molecule has 0 radical (unpaired) electrons. The van der Waals surface area contributed by atoms with Crippen molar-refractivity contribution in [3.8, 4) is 11.5 Å². The molecule has 1 aromatic carbocycles. The van der Waals surface area contributed by atoms with Crippen LogP contribution in [0.1, 0.15) is 24.2 Å². The van der Waals surface area contributed by atoms with E-state index >= 15 is 0 Å². The Morgan fingerprint density at radius 2 is 2.12 bits per heavy atom. The van der Waals surface area contributed by atoms with Crippen LogP contribution >= 0.6 is 0 Å². The Morgan fingerprint density at radius 1 is 1.41 bits per heavy atom. The SMILES string of the molecule is COc1cc(C=O)cc2c1OC(C)(C)C(=O)N2. The molecule has 5 heteroatoms. The molecule has 0 unspecified atom stereocenters. The molecule has 0 atom stereocenters. The van der Waals surface area contributed by atoms with Crippen LogP contribution in [0, 0.1) is 0 Å². The first kappa shape index (κ1) is 11.4. The molecule has 0 saturated heterocycles. The van der Waals surface area contributed by atoms with E-state index in [0.29, 0.717) is 29.0 Å². The zero-order chi connectivity index (χ0) is 12.6. The maximum atomic E-state index is 11.7. The molecule has 5 nitrogen and oxygen atoms in total. The predicted molar refractivity (Wildman–Crippen MR) is 61.7 cm³/mol. The smallest absolute Gasteiger partial charge is 0.268 e. The Hall–Kier alpha value is -2.04. The number of carbonyl (C=O) groups excluding carboxylic acids is 2. The fourth-order valence-electron chi connectivity index (χ4n) is 1.62. The van der Waals surface area contributed by atoms with Crippen LogP contribution in [0.3, 0.4) is 0 Å². The first-order valence-corrected chi connectivity index (χ1v) is 5.15. The summed E-state index contributed by atoms with van der Waals surface area (Å²) >= 11 is 0. The average molecular weight is 235 g/mol. The Morgan fingerprint density at radius 3 is 2.71 bits per heavy atom. The Balaban J connectivity index is 2.57. The Labute approximate surface area is 98.7 Å². The molecule has 0 aromatic heterocycles. The summed E-state index contributed by atoms with van der Waals surface area (Å²) < 4.78 is 10.7. The van der Waals surface area contributed by atoms with Gasteiger partial charge in [-0.1, -0.05) is 0 Å². The number of methoxy groups -OCH3 is 1. The number of nitrogens with one attached hydrogen (secondary N) is 1. The van der Waals surface area contributed by atoms with Gasteiger partial charge in [0, 0.05) is 5.56 Å². The van der Waals surface area contributed by atoms with Crippen LogP contribution in [0.25, 0.3) is 0 Å². The van der Waals surface area contributed by atoms with Gasteiger partial charge in [0.1, 0.15) is 6.29 Å². The normalized spacial score (nSPS) is 16.5. The molecule has 2 rings (SSSR count). The highest BCUT2D eigenvalue weighted by Gasteiger charge is 2.37. The molecule has 1 N–H and O–H groups in total. The molecular formula is C12H13NO4. The maximum Gasteiger partial charge on any atom is 0.268 e. The summed E-state index contributed by atoms with van der Waals surface area (Å²) in [5.74, 6) is 0.621. The zero-order valence-corrected chi connectivity index (χ0v) is 9.87. The van der Waals surface area contributed by atoms with Crippen molar-refractivity contribution in [2.45, 2.75) is 19.4 Å². The molecule has 1 aromatic rings. The summed E-state index contributed by atoms with van der Waals surface area (Å²) in [6.45, 7) is 3.33. The first-order chi connectivity index (χ1) is 7.97. The van der Waals surface area contributed by atoms with Crippen molar-refractivity contribution in [2.24, 2.45) is 0 Å². The quantitative estimate of drug-likeness (QED) is 0.791. The number of carbonyl (C=O) groups is 2. The van der Waals surface area contributed by atoms with E-state index in [0.717, 1.165) is 0 Å². The van der Waals surface area contributed by atoms with Crippen molar-refractivity contribution >= 4 is 17.9 Å². The van der Waals surface area contributed by atoms with E-state index in [-0.39, 0.29) is 5.91 Å². The summed E-state index contributed by atoms with van der Waals surface area (Å²) in [5, 5.41) is 2.70. The first-order valence-electron chi connectivity index (χ1n) is 5.15. The van der Waals surface area contributed by atoms with Gasteiger partial charge in [0.15, 0.2) is 17.1 Å². The number of benzene rings is 1. The average Bonchev–Trinajstić information content (AvgIpc) is 2.29. The predicted octanol–water partition coefficient (Wildman–Crippen LogP) is 1.62. The molecular weight excluding hydrogens is 222 g/mol. The summed E-state index contributed by atoms with van der Waals surface area (Å²) in [5.41, 5.74) is -0.0804. The van der Waals surface area contributed by atoms with E-state index < -0.39 is 5.60 Å². The zero-order valence-electron chi connectivity index (χ0n) is 9.87. The van der Waals surface area contributed by atoms with E-state index in [1.54, 1.807) is 26.0 Å². The van der Waals surface area contributed by atoms with Crippen molar-refractivity contribution in [3.05, 3.63) is 17.7 Å². The second-order valence-corrected chi connectivity index (χ2v) is 4.28. The molecule has 0 fully saturated rings. The molecule has 0 bridgehead atoms. The van der Waals surface area contributed by atoms with Gasteiger partial charge in [-0.05, 0) is 26.0 Å². The van der Waals surface area contributed by atoms with Crippen LogP contribution in [0.4, 0.5) is 5.69 Å². The molecule has 0 spiro atoms. The Kier molecular flexibility index (Phi) is 2.53. The van der Waals surface area contributed by atoms with Gasteiger partial charge in [-0.3, -0.25) is 9.59 Å². The molecule has 17 heavy (non-hydrogen) atoms. The van der Waals surface area contributed by atoms with Crippen LogP contribution < -0.4 is 14.8 Å². The third-order valence-corrected chi connectivity index (χ3v) is 2.59. The number of hydrogen-bond donors (Lipinski definition) is 1. The number of fused-ring (bicyclic) bond motifs is 1. The molecule has 1 heterocycles. The van der Waals surface area contributed by atoms with E-state index in [4.69, 9.17) is 9.47 Å². The monoisotopic (exact) mass is 235 g/mol. The van der Waals surface area contributed by atoms with Gasteiger partial charge in [-0.15, -0.1) is 0 Å². The van der Waals surface area contributed by atoms with Gasteiger partial charge in [-0.2, -0.15) is 0 Å². The summed E-state index contributed by atoms with van der Waals surface area (Å²) in [6.07, 6.45) is 0.689. The van der Waals surface area contributed by atoms with E-state index in [1.807, 2.05) is 0 Å². The largest absolute Gasteiger partial charge is 0.493 e. The van der Waals surface area contributed by atoms with Crippen molar-refractivity contribution in [1.29, 1.82) is 0 Å². The standard InChI is InChI=1S/C12H13NO4/c1-12(2)11(15)13-8-4-7(6-14)5-9(16-3)10(8)17-12/h4-6H,1-3H3,(H,13,15). The van der Waals surface area contributed by atoms with Crippen molar-refractivity contribution in [3.63, 3.8) is 0 Å². The number of rotatable bonds is 2. The van der Waals surface area contributed by atoms with Gasteiger partial charge < -0.3 is 14.8 Å². The summed E-state index contributed by atoms with van der Waals surface area (Å²) in [6, 6.07) is 3.12. The number of hydrogen-bond acceptors (Lipinski definition) is 4. The summed E-state index contributed by atoms with van der Waals surface area (Å²) in [4.78, 5) is 22.5. The molecule has 90 valence electrons. The highest BCUT2D eigenvalue weighted by atomic mass is 16.5. The molecule has 1 aliphatic heterocycles. The van der Waals surface area contributed by atoms with Crippen LogP contribution in [-0.2, 0) is 4.79 Å². The van der Waals surface area contributed by atoms with Gasteiger partial charge in [0.05, 0.1) is 12.8 Å². The van der Waals surface area contributed by atoms with E-state index in [9.17, 15) is 9.59 Å². The van der Waals surface area contributed by atoms with Gasteiger partial charge in [-0.25, -0.2) is 0 Å². The van der Waals surface area contributed by atoms with Crippen molar-refractivity contribution in [1.82, 2.24) is 0 Å². The topological polar surface area (TPSA) is 64.6 Å². The van der Waals surface area contributed by atoms with Crippen molar-refractivity contribution in [2.75, 3.05) is 12.4 Å². The molecule has 1 amide bonds. The highest BCUT2D eigenvalue weighted by Crippen LogP contribution is 2.41. The number of anilines is 1. The van der Waals surface area contributed by atoms with Gasteiger partial charge in [0.2, 0.25) is 0 Å². The Bertz CT molecular complexity index is 494. The fraction of sp³-hybridized carbons (Fsp3) is 0.333. The second kappa shape index (κ2) is 3.76. The molecule has 0 aliphatic carbocycles.